The van der Waals surface area contributed by atoms with Gasteiger partial charge in [-0.3, -0.25) is 4.79 Å². The Morgan fingerprint density at radius 1 is 1.00 bits per heavy atom. The molecular formula is C22H23NO3. The Morgan fingerprint density at radius 3 is 2.54 bits per heavy atom. The largest absolute Gasteiger partial charge is 0.490 e. The van der Waals surface area contributed by atoms with Crippen LogP contribution in [0.5, 0.6) is 11.5 Å². The van der Waals surface area contributed by atoms with Crippen LogP contribution in [-0.4, -0.2) is 24.2 Å². The number of nitrogens with one attached hydrogen (secondary N) is 1. The molecule has 3 aliphatic heterocycles. The Labute approximate surface area is 153 Å². The number of piperidine rings is 1. The lowest BCUT2D eigenvalue weighted by Crippen LogP contribution is -2.42. The zero-order valence-electron chi connectivity index (χ0n) is 14.7. The van der Waals surface area contributed by atoms with Crippen molar-refractivity contribution < 1.29 is 14.3 Å². The summed E-state index contributed by atoms with van der Waals surface area (Å²) in [5, 5.41) is 3.64. The van der Waals surface area contributed by atoms with Gasteiger partial charge in [0.05, 0.1) is 6.42 Å². The van der Waals surface area contributed by atoms with Gasteiger partial charge in [-0.25, -0.2) is 0 Å². The summed E-state index contributed by atoms with van der Waals surface area (Å²) >= 11 is 0. The standard InChI is InChI=1S/C22H23NO3/c24-22-13-20(14-4-2-1-3-5-14)19-9-8-17(12-21(19)26-22)25-18-10-15-6-7-16(11-18)23-15/h1-5,8-9,12,15-16,18,20,23H,6-7,10-11,13H2. The molecule has 3 atom stereocenters. The Hall–Kier alpha value is -2.33. The minimum Gasteiger partial charge on any atom is -0.490 e. The smallest absolute Gasteiger partial charge is 0.312 e. The summed E-state index contributed by atoms with van der Waals surface area (Å²) in [4.78, 5) is 12.1. The van der Waals surface area contributed by atoms with Crippen molar-refractivity contribution in [1.29, 1.82) is 0 Å². The second kappa shape index (κ2) is 6.44. The molecule has 1 N–H and O–H groups in total. The van der Waals surface area contributed by atoms with Crippen LogP contribution in [-0.2, 0) is 4.79 Å². The molecular weight excluding hydrogens is 326 g/mol. The third kappa shape index (κ3) is 2.99. The van der Waals surface area contributed by atoms with Crippen molar-refractivity contribution in [3.63, 3.8) is 0 Å². The van der Waals surface area contributed by atoms with Gasteiger partial charge in [-0.1, -0.05) is 36.4 Å². The van der Waals surface area contributed by atoms with E-state index in [1.54, 1.807) is 0 Å². The van der Waals surface area contributed by atoms with Gasteiger partial charge in [0.25, 0.3) is 0 Å². The summed E-state index contributed by atoms with van der Waals surface area (Å²) in [6.07, 6.45) is 5.25. The molecule has 134 valence electrons. The molecule has 3 heterocycles. The van der Waals surface area contributed by atoms with E-state index in [0.29, 0.717) is 24.3 Å². The van der Waals surface area contributed by atoms with E-state index in [1.165, 1.54) is 12.8 Å². The van der Waals surface area contributed by atoms with E-state index >= 15 is 0 Å². The predicted molar refractivity (Wildman–Crippen MR) is 98.6 cm³/mol. The van der Waals surface area contributed by atoms with E-state index < -0.39 is 0 Å². The van der Waals surface area contributed by atoms with E-state index in [4.69, 9.17) is 9.47 Å². The molecule has 0 saturated carbocycles. The monoisotopic (exact) mass is 349 g/mol. The van der Waals surface area contributed by atoms with E-state index in [0.717, 1.165) is 29.7 Å². The highest BCUT2D eigenvalue weighted by Crippen LogP contribution is 2.41. The highest BCUT2D eigenvalue weighted by atomic mass is 16.5. The molecule has 2 fully saturated rings. The number of carbonyl (C=O) groups excluding carboxylic acids is 1. The fraction of sp³-hybridized carbons (Fsp3) is 0.409. The normalized spacial score (nSPS) is 29.8. The van der Waals surface area contributed by atoms with Crippen LogP contribution in [0.2, 0.25) is 0 Å². The minimum absolute atomic E-state index is 0.0521. The van der Waals surface area contributed by atoms with Gasteiger partial charge in [0.15, 0.2) is 0 Å². The Morgan fingerprint density at radius 2 is 1.77 bits per heavy atom. The number of rotatable bonds is 3. The van der Waals surface area contributed by atoms with Gasteiger partial charge in [0.1, 0.15) is 17.6 Å². The van der Waals surface area contributed by atoms with Crippen molar-refractivity contribution in [1.82, 2.24) is 5.32 Å². The number of carbonyl (C=O) groups is 1. The number of esters is 1. The zero-order chi connectivity index (χ0) is 17.5. The van der Waals surface area contributed by atoms with E-state index in [1.807, 2.05) is 30.3 Å². The quantitative estimate of drug-likeness (QED) is 0.676. The molecule has 2 saturated heterocycles. The number of benzene rings is 2. The first kappa shape index (κ1) is 15.9. The van der Waals surface area contributed by atoms with Crippen molar-refractivity contribution in [2.45, 2.75) is 56.2 Å². The van der Waals surface area contributed by atoms with Gasteiger partial charge in [0.2, 0.25) is 0 Å². The molecule has 0 amide bonds. The summed E-state index contributed by atoms with van der Waals surface area (Å²) in [7, 11) is 0. The lowest BCUT2D eigenvalue weighted by atomic mass is 9.86. The van der Waals surface area contributed by atoms with Crippen LogP contribution in [0.15, 0.2) is 48.5 Å². The van der Waals surface area contributed by atoms with Crippen molar-refractivity contribution in [2.24, 2.45) is 0 Å². The Kier molecular flexibility index (Phi) is 3.93. The number of ether oxygens (including phenoxy) is 2. The molecule has 3 unspecified atom stereocenters. The van der Waals surface area contributed by atoms with Gasteiger partial charge < -0.3 is 14.8 Å². The average molecular weight is 349 g/mol. The van der Waals surface area contributed by atoms with Crippen LogP contribution in [0.4, 0.5) is 0 Å². The molecule has 0 aliphatic carbocycles. The molecule has 3 aliphatic rings. The first-order valence-corrected chi connectivity index (χ1v) is 9.57. The summed E-state index contributed by atoms with van der Waals surface area (Å²) < 4.78 is 11.8. The van der Waals surface area contributed by atoms with Gasteiger partial charge in [0, 0.05) is 29.6 Å². The molecule has 0 radical (unpaired) electrons. The molecule has 26 heavy (non-hydrogen) atoms. The number of fused-ring (bicyclic) bond motifs is 3. The summed E-state index contributed by atoms with van der Waals surface area (Å²) in [5.41, 5.74) is 2.21. The lowest BCUT2D eigenvalue weighted by Gasteiger charge is -2.30. The fourth-order valence-corrected chi connectivity index (χ4v) is 4.68. The first-order valence-electron chi connectivity index (χ1n) is 9.57. The summed E-state index contributed by atoms with van der Waals surface area (Å²) in [6.45, 7) is 0. The van der Waals surface area contributed by atoms with Crippen LogP contribution in [0.3, 0.4) is 0 Å². The molecule has 0 spiro atoms. The highest BCUT2D eigenvalue weighted by Gasteiger charge is 2.35. The average Bonchev–Trinajstić information content (AvgIpc) is 3.00. The van der Waals surface area contributed by atoms with Crippen molar-refractivity contribution in [3.05, 3.63) is 59.7 Å². The number of hydrogen-bond acceptors (Lipinski definition) is 4. The van der Waals surface area contributed by atoms with E-state index in [-0.39, 0.29) is 18.0 Å². The van der Waals surface area contributed by atoms with E-state index in [2.05, 4.69) is 23.5 Å². The third-order valence-electron chi connectivity index (χ3n) is 5.89. The van der Waals surface area contributed by atoms with E-state index in [9.17, 15) is 4.79 Å². The lowest BCUT2D eigenvalue weighted by molar-refractivity contribution is -0.135. The van der Waals surface area contributed by atoms with Gasteiger partial charge in [-0.15, -0.1) is 0 Å². The molecule has 2 aromatic rings. The third-order valence-corrected chi connectivity index (χ3v) is 5.89. The van der Waals surface area contributed by atoms with Crippen LogP contribution in [0.25, 0.3) is 0 Å². The van der Waals surface area contributed by atoms with Gasteiger partial charge in [-0.05, 0) is 37.3 Å². The molecule has 2 bridgehead atoms. The van der Waals surface area contributed by atoms with Crippen LogP contribution in [0, 0.1) is 0 Å². The minimum atomic E-state index is -0.177. The SMILES string of the molecule is O=C1CC(c2ccccc2)c2ccc(OC3CC4CCC(C3)N4)cc2O1. The Bertz CT molecular complexity index is 807. The predicted octanol–water partition coefficient (Wildman–Crippen LogP) is 3.79. The van der Waals surface area contributed by atoms with Crippen LogP contribution < -0.4 is 14.8 Å². The summed E-state index contributed by atoms with van der Waals surface area (Å²) in [6, 6.07) is 17.3. The van der Waals surface area contributed by atoms with Crippen LogP contribution in [0.1, 0.15) is 49.1 Å². The second-order valence-electron chi connectivity index (χ2n) is 7.69. The van der Waals surface area contributed by atoms with Crippen LogP contribution >= 0.6 is 0 Å². The van der Waals surface area contributed by atoms with Gasteiger partial charge in [-0.2, -0.15) is 0 Å². The first-order chi connectivity index (χ1) is 12.7. The second-order valence-corrected chi connectivity index (χ2v) is 7.69. The highest BCUT2D eigenvalue weighted by molar-refractivity contribution is 5.78. The van der Waals surface area contributed by atoms with Gasteiger partial charge >= 0.3 is 5.97 Å². The molecule has 4 heteroatoms. The van der Waals surface area contributed by atoms with Crippen molar-refractivity contribution in [3.8, 4) is 11.5 Å². The molecule has 0 aromatic heterocycles. The maximum Gasteiger partial charge on any atom is 0.312 e. The van der Waals surface area contributed by atoms with Crippen molar-refractivity contribution in [2.75, 3.05) is 0 Å². The maximum atomic E-state index is 12.1. The zero-order valence-corrected chi connectivity index (χ0v) is 14.7. The molecule has 4 nitrogen and oxygen atoms in total. The van der Waals surface area contributed by atoms with Crippen molar-refractivity contribution >= 4 is 5.97 Å². The molecule has 5 rings (SSSR count). The maximum absolute atomic E-state index is 12.1. The number of hydrogen-bond donors (Lipinski definition) is 1. The fourth-order valence-electron chi connectivity index (χ4n) is 4.68. The summed E-state index contributed by atoms with van der Waals surface area (Å²) in [5.74, 6) is 1.32. The Balaban J connectivity index is 1.39. The molecule has 2 aromatic carbocycles. The topological polar surface area (TPSA) is 47.6 Å².